The topological polar surface area (TPSA) is 86.8 Å². The zero-order valence-corrected chi connectivity index (χ0v) is 24.9. The van der Waals surface area contributed by atoms with Crippen molar-refractivity contribution >= 4 is 50.7 Å². The second kappa shape index (κ2) is 12.4. The molecule has 3 rings (SSSR count). The minimum Gasteiger partial charge on any atom is -0.350 e. The zero-order valence-electron chi connectivity index (χ0n) is 22.6. The molecule has 1 atom stereocenters. The molecule has 0 fully saturated rings. The van der Waals surface area contributed by atoms with Gasteiger partial charge in [0.2, 0.25) is 11.8 Å². The molecule has 0 radical (unpaired) electrons. The quantitative estimate of drug-likeness (QED) is 0.340. The molecule has 3 aromatic rings. The van der Waals surface area contributed by atoms with E-state index in [4.69, 9.17) is 23.2 Å². The third-order valence-electron chi connectivity index (χ3n) is 6.01. The lowest BCUT2D eigenvalue weighted by Crippen LogP contribution is -2.54. The average Bonchev–Trinajstić information content (AvgIpc) is 2.87. The number of carbonyl (C=O) groups is 2. The van der Waals surface area contributed by atoms with E-state index >= 15 is 0 Å². The third-order valence-corrected chi connectivity index (χ3v) is 8.39. The number of halogens is 2. The number of aryl methyl sites for hydroxylation is 1. The first-order valence-electron chi connectivity index (χ1n) is 12.4. The fourth-order valence-corrected chi connectivity index (χ4v) is 5.80. The summed E-state index contributed by atoms with van der Waals surface area (Å²) in [5, 5.41) is 3.65. The van der Waals surface area contributed by atoms with Crippen molar-refractivity contribution in [2.75, 3.05) is 10.8 Å². The van der Waals surface area contributed by atoms with Crippen LogP contribution in [0.3, 0.4) is 0 Å². The number of nitrogens with one attached hydrogen (secondary N) is 1. The van der Waals surface area contributed by atoms with Gasteiger partial charge in [-0.25, -0.2) is 8.42 Å². The smallest absolute Gasteiger partial charge is 0.264 e. The minimum atomic E-state index is -4.18. The van der Waals surface area contributed by atoms with Gasteiger partial charge in [-0.3, -0.25) is 13.9 Å². The summed E-state index contributed by atoms with van der Waals surface area (Å²) in [6.07, 6.45) is 0. The summed E-state index contributed by atoms with van der Waals surface area (Å²) in [7, 11) is -4.18. The van der Waals surface area contributed by atoms with Crippen molar-refractivity contribution in [1.82, 2.24) is 10.2 Å². The maximum absolute atomic E-state index is 14.0. The van der Waals surface area contributed by atoms with Gasteiger partial charge >= 0.3 is 0 Å². The molecule has 0 aliphatic rings. The van der Waals surface area contributed by atoms with E-state index in [2.05, 4.69) is 5.32 Å². The average molecular weight is 591 g/mol. The van der Waals surface area contributed by atoms with Crippen LogP contribution in [0.15, 0.2) is 77.7 Å². The summed E-state index contributed by atoms with van der Waals surface area (Å²) >= 11 is 12.6. The summed E-state index contributed by atoms with van der Waals surface area (Å²) in [5.41, 5.74) is 0.969. The van der Waals surface area contributed by atoms with Crippen molar-refractivity contribution in [2.24, 2.45) is 0 Å². The van der Waals surface area contributed by atoms with E-state index in [1.54, 1.807) is 68.4 Å². The summed E-state index contributed by atoms with van der Waals surface area (Å²) in [5.74, 6) is -0.954. The molecule has 3 aromatic carbocycles. The number of benzene rings is 3. The van der Waals surface area contributed by atoms with E-state index in [1.165, 1.54) is 23.1 Å². The molecule has 0 aromatic heterocycles. The van der Waals surface area contributed by atoms with Gasteiger partial charge in [0.1, 0.15) is 12.6 Å². The first kappa shape index (κ1) is 30.5. The largest absolute Gasteiger partial charge is 0.350 e. The Balaban J connectivity index is 2.08. The lowest BCUT2D eigenvalue weighted by Gasteiger charge is -2.34. The number of hydrogen-bond donors (Lipinski definition) is 1. The van der Waals surface area contributed by atoms with Gasteiger partial charge < -0.3 is 10.2 Å². The van der Waals surface area contributed by atoms with Gasteiger partial charge in [0.15, 0.2) is 0 Å². The molecule has 0 bridgehead atoms. The molecule has 208 valence electrons. The maximum Gasteiger partial charge on any atom is 0.264 e. The Hall–Kier alpha value is -3.07. The van der Waals surface area contributed by atoms with Gasteiger partial charge in [-0.2, -0.15) is 0 Å². The number of carbonyl (C=O) groups excluding carboxylic acids is 2. The molecular weight excluding hydrogens is 557 g/mol. The van der Waals surface area contributed by atoms with Crippen LogP contribution in [0.5, 0.6) is 0 Å². The predicted molar refractivity (Wildman–Crippen MR) is 157 cm³/mol. The molecule has 39 heavy (non-hydrogen) atoms. The molecule has 0 aliphatic carbocycles. The Morgan fingerprint density at radius 2 is 1.56 bits per heavy atom. The SMILES string of the molecule is Cc1ccc(Cl)cc1N(CC(=O)N(Cc1ccccc1Cl)[C@@H](C)C(=O)NC(C)(C)C)S(=O)(=O)c1ccccc1. The Morgan fingerprint density at radius 1 is 0.949 bits per heavy atom. The van der Waals surface area contributed by atoms with E-state index in [1.807, 2.05) is 20.8 Å². The van der Waals surface area contributed by atoms with Crippen LogP contribution in [-0.4, -0.2) is 43.3 Å². The number of rotatable bonds is 9. The van der Waals surface area contributed by atoms with E-state index in [-0.39, 0.29) is 23.0 Å². The van der Waals surface area contributed by atoms with Crippen LogP contribution >= 0.6 is 23.2 Å². The Kier molecular flexibility index (Phi) is 9.69. The van der Waals surface area contributed by atoms with E-state index in [9.17, 15) is 18.0 Å². The fourth-order valence-electron chi connectivity index (χ4n) is 3.95. The number of sulfonamides is 1. The predicted octanol–water partition coefficient (Wildman–Crippen LogP) is 5.83. The molecule has 0 saturated carbocycles. The van der Waals surface area contributed by atoms with Crippen LogP contribution in [0.1, 0.15) is 38.8 Å². The van der Waals surface area contributed by atoms with E-state index < -0.39 is 34.1 Å². The molecule has 1 N–H and O–H groups in total. The lowest BCUT2D eigenvalue weighted by atomic mass is 10.1. The van der Waals surface area contributed by atoms with Crippen LogP contribution in [0.2, 0.25) is 10.0 Å². The summed E-state index contributed by atoms with van der Waals surface area (Å²) < 4.78 is 28.8. The molecule has 0 heterocycles. The molecule has 0 spiro atoms. The van der Waals surface area contributed by atoms with Gasteiger partial charge in [-0.1, -0.05) is 65.7 Å². The highest BCUT2D eigenvalue weighted by atomic mass is 35.5. The molecule has 0 unspecified atom stereocenters. The highest BCUT2D eigenvalue weighted by molar-refractivity contribution is 7.92. The molecular formula is C29H33Cl2N3O4S. The van der Waals surface area contributed by atoms with Gasteiger partial charge in [0.05, 0.1) is 10.6 Å². The number of nitrogens with zero attached hydrogens (tertiary/aromatic N) is 2. The normalized spacial score (nSPS) is 12.5. The molecule has 0 aliphatic heterocycles. The van der Waals surface area contributed by atoms with Crippen molar-refractivity contribution in [2.45, 2.75) is 57.6 Å². The lowest BCUT2D eigenvalue weighted by molar-refractivity contribution is -0.140. The van der Waals surface area contributed by atoms with Crippen LogP contribution in [0.25, 0.3) is 0 Å². The van der Waals surface area contributed by atoms with Gasteiger partial charge in [0, 0.05) is 22.1 Å². The van der Waals surface area contributed by atoms with E-state index in [0.29, 0.717) is 21.2 Å². The summed E-state index contributed by atoms with van der Waals surface area (Å²) in [4.78, 5) is 28.5. The molecule has 0 saturated heterocycles. The Bertz CT molecular complexity index is 1440. The monoisotopic (exact) mass is 589 g/mol. The van der Waals surface area contributed by atoms with Crippen molar-refractivity contribution in [3.63, 3.8) is 0 Å². The van der Waals surface area contributed by atoms with Gasteiger partial charge in [-0.05, 0) is 76.1 Å². The first-order valence-corrected chi connectivity index (χ1v) is 14.6. The highest BCUT2D eigenvalue weighted by Crippen LogP contribution is 2.30. The number of amides is 2. The van der Waals surface area contributed by atoms with Crippen LogP contribution in [-0.2, 0) is 26.2 Å². The van der Waals surface area contributed by atoms with Crippen molar-refractivity contribution in [3.8, 4) is 0 Å². The van der Waals surface area contributed by atoms with Crippen molar-refractivity contribution in [1.29, 1.82) is 0 Å². The standard InChI is InChI=1S/C29H33Cl2N3O4S/c1-20-15-16-23(30)17-26(20)34(39(37,38)24-12-7-6-8-13-24)19-27(35)33(18-22-11-9-10-14-25(22)31)21(2)28(36)32-29(3,4)5/h6-17,21H,18-19H2,1-5H3,(H,32,36)/t21-/m0/s1. The number of hydrogen-bond acceptors (Lipinski definition) is 4. The van der Waals surface area contributed by atoms with Crippen molar-refractivity contribution in [3.05, 3.63) is 94.0 Å². The van der Waals surface area contributed by atoms with Crippen molar-refractivity contribution < 1.29 is 18.0 Å². The van der Waals surface area contributed by atoms with Gasteiger partial charge in [-0.15, -0.1) is 0 Å². The summed E-state index contributed by atoms with van der Waals surface area (Å²) in [6, 6.07) is 18.8. The third kappa shape index (κ3) is 7.75. The maximum atomic E-state index is 14.0. The highest BCUT2D eigenvalue weighted by Gasteiger charge is 2.34. The number of anilines is 1. The minimum absolute atomic E-state index is 0.00495. The first-order chi connectivity index (χ1) is 18.2. The Morgan fingerprint density at radius 3 is 2.18 bits per heavy atom. The fraction of sp³-hybridized carbons (Fsp3) is 0.310. The Labute approximate surface area is 240 Å². The van der Waals surface area contributed by atoms with Crippen LogP contribution in [0.4, 0.5) is 5.69 Å². The zero-order chi connectivity index (χ0) is 29.0. The van der Waals surface area contributed by atoms with Gasteiger partial charge in [0.25, 0.3) is 10.0 Å². The molecule has 2 amide bonds. The van der Waals surface area contributed by atoms with Crippen LogP contribution in [0, 0.1) is 6.92 Å². The van der Waals surface area contributed by atoms with Crippen LogP contribution < -0.4 is 9.62 Å². The van der Waals surface area contributed by atoms with E-state index in [0.717, 1.165) is 4.31 Å². The second-order valence-corrected chi connectivity index (χ2v) is 13.0. The second-order valence-electron chi connectivity index (χ2n) is 10.3. The summed E-state index contributed by atoms with van der Waals surface area (Å²) in [6.45, 7) is 8.32. The molecule has 7 nitrogen and oxygen atoms in total. The molecule has 10 heteroatoms.